The van der Waals surface area contributed by atoms with E-state index in [4.69, 9.17) is 9.47 Å². The Morgan fingerprint density at radius 1 is 1.04 bits per heavy atom. The number of rotatable bonds is 5. The van der Waals surface area contributed by atoms with Crippen molar-refractivity contribution in [2.24, 2.45) is 0 Å². The Labute approximate surface area is 169 Å². The fourth-order valence-corrected chi connectivity index (χ4v) is 3.91. The molecule has 1 aliphatic rings. The average molecular weight is 433 g/mol. The molecule has 0 atom stereocenters. The summed E-state index contributed by atoms with van der Waals surface area (Å²) in [6, 6.07) is 12.1. The molecule has 0 bridgehead atoms. The standard InChI is InChI=1S/C21H25BrN2O3/c1-15-5-4-6-16(11-15)14-23-7-9-24(10-8-23)21(25)17-12-18(26-2)20(22)19(13-17)27-3/h4-6,11-13H,7-10,14H2,1-3H3. The second-order valence-corrected chi connectivity index (χ2v) is 7.55. The predicted molar refractivity (Wildman–Crippen MR) is 110 cm³/mol. The summed E-state index contributed by atoms with van der Waals surface area (Å²) in [5.74, 6) is 1.20. The van der Waals surface area contributed by atoms with Crippen LogP contribution >= 0.6 is 15.9 Å². The van der Waals surface area contributed by atoms with Crippen molar-refractivity contribution >= 4 is 21.8 Å². The topological polar surface area (TPSA) is 42.0 Å². The maximum atomic E-state index is 12.9. The maximum Gasteiger partial charge on any atom is 0.254 e. The van der Waals surface area contributed by atoms with Gasteiger partial charge in [-0.2, -0.15) is 0 Å². The van der Waals surface area contributed by atoms with Crippen molar-refractivity contribution in [2.75, 3.05) is 40.4 Å². The number of aryl methyl sites for hydroxylation is 1. The van der Waals surface area contributed by atoms with Gasteiger partial charge in [0.1, 0.15) is 16.0 Å². The van der Waals surface area contributed by atoms with Crippen molar-refractivity contribution in [1.82, 2.24) is 9.80 Å². The molecule has 1 aliphatic heterocycles. The molecular formula is C21H25BrN2O3. The molecule has 2 aromatic rings. The fourth-order valence-electron chi connectivity index (χ4n) is 3.35. The van der Waals surface area contributed by atoms with E-state index in [-0.39, 0.29) is 5.91 Å². The van der Waals surface area contributed by atoms with Gasteiger partial charge in [-0.3, -0.25) is 9.69 Å². The van der Waals surface area contributed by atoms with Gasteiger partial charge in [0.15, 0.2) is 0 Å². The first-order chi connectivity index (χ1) is 13.0. The molecule has 1 fully saturated rings. The van der Waals surface area contributed by atoms with E-state index >= 15 is 0 Å². The summed E-state index contributed by atoms with van der Waals surface area (Å²) in [6.45, 7) is 6.19. The molecule has 0 radical (unpaired) electrons. The number of methoxy groups -OCH3 is 2. The molecule has 3 rings (SSSR count). The molecule has 0 aromatic heterocycles. The van der Waals surface area contributed by atoms with Crippen molar-refractivity contribution in [3.63, 3.8) is 0 Å². The highest BCUT2D eigenvalue weighted by atomic mass is 79.9. The first-order valence-corrected chi connectivity index (χ1v) is 9.80. The lowest BCUT2D eigenvalue weighted by molar-refractivity contribution is 0.0627. The van der Waals surface area contributed by atoms with E-state index in [1.54, 1.807) is 26.4 Å². The van der Waals surface area contributed by atoms with Gasteiger partial charge in [0.2, 0.25) is 0 Å². The second-order valence-electron chi connectivity index (χ2n) is 6.75. The largest absolute Gasteiger partial charge is 0.495 e. The summed E-state index contributed by atoms with van der Waals surface area (Å²) in [7, 11) is 3.16. The number of ether oxygens (including phenoxy) is 2. The Morgan fingerprint density at radius 3 is 2.22 bits per heavy atom. The van der Waals surface area contributed by atoms with E-state index in [0.717, 1.165) is 19.6 Å². The van der Waals surface area contributed by atoms with Crippen LogP contribution in [0.3, 0.4) is 0 Å². The summed E-state index contributed by atoms with van der Waals surface area (Å²) < 4.78 is 11.4. The molecule has 5 nitrogen and oxygen atoms in total. The van der Waals surface area contributed by atoms with Gasteiger partial charge in [-0.05, 0) is 40.5 Å². The van der Waals surface area contributed by atoms with Crippen molar-refractivity contribution in [3.05, 3.63) is 57.6 Å². The van der Waals surface area contributed by atoms with Gasteiger partial charge in [0, 0.05) is 38.3 Å². The van der Waals surface area contributed by atoms with Crippen LogP contribution in [0, 0.1) is 6.92 Å². The lowest BCUT2D eigenvalue weighted by Gasteiger charge is -2.35. The second kappa shape index (κ2) is 8.76. The summed E-state index contributed by atoms with van der Waals surface area (Å²) in [4.78, 5) is 17.2. The average Bonchev–Trinajstić information content (AvgIpc) is 2.68. The molecule has 27 heavy (non-hydrogen) atoms. The molecule has 0 N–H and O–H groups in total. The molecule has 0 aliphatic carbocycles. The Balaban J connectivity index is 1.65. The van der Waals surface area contributed by atoms with Gasteiger partial charge in [0.25, 0.3) is 5.91 Å². The van der Waals surface area contributed by atoms with Crippen LogP contribution in [-0.2, 0) is 6.54 Å². The quantitative estimate of drug-likeness (QED) is 0.721. The molecule has 144 valence electrons. The Bertz CT molecular complexity index is 792. The number of benzene rings is 2. The van der Waals surface area contributed by atoms with Crippen molar-refractivity contribution in [1.29, 1.82) is 0 Å². The minimum Gasteiger partial charge on any atom is -0.495 e. The van der Waals surface area contributed by atoms with E-state index in [1.165, 1.54) is 11.1 Å². The maximum absolute atomic E-state index is 12.9. The lowest BCUT2D eigenvalue weighted by Crippen LogP contribution is -2.48. The summed E-state index contributed by atoms with van der Waals surface area (Å²) in [5, 5.41) is 0. The summed E-state index contributed by atoms with van der Waals surface area (Å²) in [5.41, 5.74) is 3.18. The van der Waals surface area contributed by atoms with Crippen LogP contribution in [0.25, 0.3) is 0 Å². The normalized spacial score (nSPS) is 14.9. The zero-order valence-electron chi connectivity index (χ0n) is 16.0. The highest BCUT2D eigenvalue weighted by molar-refractivity contribution is 9.10. The molecule has 1 amide bonds. The van der Waals surface area contributed by atoms with Gasteiger partial charge in [-0.1, -0.05) is 29.8 Å². The monoisotopic (exact) mass is 432 g/mol. The van der Waals surface area contributed by atoms with Crippen LogP contribution < -0.4 is 9.47 Å². The van der Waals surface area contributed by atoms with Crippen LogP contribution in [0.1, 0.15) is 21.5 Å². The first kappa shape index (κ1) is 19.7. The predicted octanol–water partition coefficient (Wildman–Crippen LogP) is 3.73. The van der Waals surface area contributed by atoms with Crippen LogP contribution in [-0.4, -0.2) is 56.1 Å². The van der Waals surface area contributed by atoms with E-state index in [9.17, 15) is 4.79 Å². The van der Waals surface area contributed by atoms with Gasteiger partial charge in [-0.15, -0.1) is 0 Å². The van der Waals surface area contributed by atoms with E-state index in [1.807, 2.05) is 4.90 Å². The molecule has 0 saturated carbocycles. The minimum absolute atomic E-state index is 0.00862. The van der Waals surface area contributed by atoms with Crippen LogP contribution in [0.4, 0.5) is 0 Å². The molecule has 6 heteroatoms. The molecule has 2 aromatic carbocycles. The first-order valence-electron chi connectivity index (χ1n) is 9.00. The molecular weight excluding hydrogens is 408 g/mol. The van der Waals surface area contributed by atoms with Crippen molar-refractivity contribution in [3.8, 4) is 11.5 Å². The molecule has 1 heterocycles. The Morgan fingerprint density at radius 2 is 1.67 bits per heavy atom. The highest BCUT2D eigenvalue weighted by Gasteiger charge is 2.24. The minimum atomic E-state index is 0.00862. The van der Waals surface area contributed by atoms with E-state index in [0.29, 0.717) is 34.6 Å². The van der Waals surface area contributed by atoms with Gasteiger partial charge >= 0.3 is 0 Å². The van der Waals surface area contributed by atoms with Gasteiger partial charge in [-0.25, -0.2) is 0 Å². The summed E-state index contributed by atoms with van der Waals surface area (Å²) in [6.07, 6.45) is 0. The number of hydrogen-bond acceptors (Lipinski definition) is 4. The van der Waals surface area contributed by atoms with Crippen molar-refractivity contribution < 1.29 is 14.3 Å². The molecule has 0 spiro atoms. The number of amides is 1. The van der Waals surface area contributed by atoms with Gasteiger partial charge in [0.05, 0.1) is 14.2 Å². The van der Waals surface area contributed by atoms with Crippen LogP contribution in [0.2, 0.25) is 0 Å². The number of nitrogens with zero attached hydrogens (tertiary/aromatic N) is 2. The van der Waals surface area contributed by atoms with Crippen LogP contribution in [0.5, 0.6) is 11.5 Å². The Hall–Kier alpha value is -2.05. The zero-order chi connectivity index (χ0) is 19.4. The van der Waals surface area contributed by atoms with Crippen molar-refractivity contribution in [2.45, 2.75) is 13.5 Å². The number of halogens is 1. The number of hydrogen-bond donors (Lipinski definition) is 0. The molecule has 0 unspecified atom stereocenters. The zero-order valence-corrected chi connectivity index (χ0v) is 17.6. The summed E-state index contributed by atoms with van der Waals surface area (Å²) >= 11 is 3.44. The van der Waals surface area contributed by atoms with Crippen LogP contribution in [0.15, 0.2) is 40.9 Å². The third-order valence-corrected chi connectivity index (χ3v) is 5.62. The third kappa shape index (κ3) is 4.62. The van der Waals surface area contributed by atoms with E-state index < -0.39 is 0 Å². The number of piperazine rings is 1. The SMILES string of the molecule is COc1cc(C(=O)N2CCN(Cc3cccc(C)c3)CC2)cc(OC)c1Br. The highest BCUT2D eigenvalue weighted by Crippen LogP contribution is 2.36. The van der Waals surface area contributed by atoms with Gasteiger partial charge < -0.3 is 14.4 Å². The lowest BCUT2D eigenvalue weighted by atomic mass is 10.1. The van der Waals surface area contributed by atoms with E-state index in [2.05, 4.69) is 52.0 Å². The Kier molecular flexibility index (Phi) is 6.39. The number of carbonyl (C=O) groups is 1. The smallest absolute Gasteiger partial charge is 0.254 e. The molecule has 1 saturated heterocycles. The third-order valence-electron chi connectivity index (χ3n) is 4.84. The fraction of sp³-hybridized carbons (Fsp3) is 0.381. The number of carbonyl (C=O) groups excluding carboxylic acids is 1.